The summed E-state index contributed by atoms with van der Waals surface area (Å²) < 4.78 is 114. The van der Waals surface area contributed by atoms with Crippen molar-refractivity contribution in [3.8, 4) is 22.9 Å². The maximum absolute atomic E-state index is 13.7. The van der Waals surface area contributed by atoms with Crippen molar-refractivity contribution < 1.29 is 42.0 Å². The number of aromatic nitrogens is 6. The summed E-state index contributed by atoms with van der Waals surface area (Å²) in [4.78, 5) is 80.0. The third-order valence-corrected chi connectivity index (χ3v) is 15.3. The standard InChI is InChI=1S/C25H24N4O8S2.C24H22N4O6S.CHCl3.CH3ClO2S.4CH4/c1-15-7-11-19(12-8-15)39(35,36)37-20-14-21(30)27(2)23-22(20)24(31)29(17-9-10-17)25(32)28(23)18-6-4-5-16(13-18)26-38(3,33)34;1-14-6-10-18(11-7-14)35(32,33)34-19-13-20(29)26(2)22-21(19)23(30)28(16-8-9-16)24(31)27(22)17-5-3-4-15(25)12-17;2-1(3)4;1-5(2,3)4;;;;/h4-8,11-14,17,26H,9-10H2,1-3H3;3-7,10-13,16H,8-9,25H2,1-2H3;1H;1H3;4*1H4. The number of nitrogens with two attached hydrogens (primary N) is 1. The zero-order valence-corrected chi connectivity index (χ0v) is 50.7. The van der Waals surface area contributed by atoms with Crippen LogP contribution in [0.5, 0.6) is 11.5 Å². The van der Waals surface area contributed by atoms with Gasteiger partial charge in [-0.05, 0) is 100 Å². The molecule has 0 unspecified atom stereocenters. The second kappa shape index (κ2) is 28.8. The van der Waals surface area contributed by atoms with Gasteiger partial charge in [0, 0.05) is 54.7 Å². The van der Waals surface area contributed by atoms with Gasteiger partial charge in [-0.3, -0.25) is 42.2 Å². The number of rotatable bonds is 12. The molecule has 4 aromatic carbocycles. The molecular formula is C55H66Cl4N8O16S4. The van der Waals surface area contributed by atoms with Crippen LogP contribution in [0.3, 0.4) is 0 Å². The fraction of sp³-hybridized carbons (Fsp3) is 0.309. The van der Waals surface area contributed by atoms with Crippen LogP contribution in [-0.4, -0.2) is 77.9 Å². The number of nitrogens with zero attached hydrogens (tertiary/aromatic N) is 6. The molecule has 0 spiro atoms. The van der Waals surface area contributed by atoms with Crippen molar-refractivity contribution in [1.29, 1.82) is 0 Å². The van der Waals surface area contributed by atoms with E-state index in [1.807, 2.05) is 6.92 Å². The highest BCUT2D eigenvalue weighted by atomic mass is 35.7. The maximum atomic E-state index is 13.7. The van der Waals surface area contributed by atoms with Crippen LogP contribution < -0.4 is 52.4 Å². The van der Waals surface area contributed by atoms with Gasteiger partial charge in [0.15, 0.2) is 15.8 Å². The van der Waals surface area contributed by atoms with Gasteiger partial charge in [0.1, 0.15) is 31.9 Å². The highest BCUT2D eigenvalue weighted by Crippen LogP contribution is 2.35. The Morgan fingerprint density at radius 3 is 1.20 bits per heavy atom. The number of benzene rings is 4. The van der Waals surface area contributed by atoms with E-state index in [0.29, 0.717) is 37.1 Å². The summed E-state index contributed by atoms with van der Waals surface area (Å²) in [6, 6.07) is 25.1. The van der Waals surface area contributed by atoms with Crippen LogP contribution in [0.2, 0.25) is 0 Å². The first-order valence-corrected chi connectivity index (χ1v) is 32.9. The summed E-state index contributed by atoms with van der Waals surface area (Å²) >= 11 is 14.4. The lowest BCUT2D eigenvalue weighted by Gasteiger charge is -2.18. The number of sulfonamides is 1. The van der Waals surface area contributed by atoms with Crippen LogP contribution in [0.1, 0.15) is 78.6 Å². The van der Waals surface area contributed by atoms with Crippen LogP contribution in [0, 0.1) is 13.8 Å². The Morgan fingerprint density at radius 2 is 0.874 bits per heavy atom. The van der Waals surface area contributed by atoms with Crippen LogP contribution in [0.25, 0.3) is 33.4 Å². The molecule has 2 aliphatic rings. The molecule has 0 saturated heterocycles. The number of pyridine rings is 2. The highest BCUT2D eigenvalue weighted by molar-refractivity contribution is 8.13. The molecule has 2 aliphatic carbocycles. The predicted molar refractivity (Wildman–Crippen MR) is 344 cm³/mol. The third-order valence-electron chi connectivity index (χ3n) is 12.2. The van der Waals surface area contributed by atoms with Gasteiger partial charge < -0.3 is 14.1 Å². The smallest absolute Gasteiger partial charge is 0.339 e. The number of aryl methyl sites for hydroxylation is 4. The van der Waals surface area contributed by atoms with Crippen molar-refractivity contribution in [2.45, 2.75) is 95.4 Å². The molecule has 0 radical (unpaired) electrons. The largest absolute Gasteiger partial charge is 0.399 e. The molecule has 0 bridgehead atoms. The summed E-state index contributed by atoms with van der Waals surface area (Å²) in [5.41, 5.74) is 3.92. The Kier molecular flexibility index (Phi) is 24.5. The highest BCUT2D eigenvalue weighted by Gasteiger charge is 2.34. The van der Waals surface area contributed by atoms with Gasteiger partial charge in [-0.25, -0.2) is 35.6 Å². The number of anilines is 2. The first-order chi connectivity index (χ1) is 38.6. The molecule has 3 N–H and O–H groups in total. The first-order valence-electron chi connectivity index (χ1n) is 24.2. The van der Waals surface area contributed by atoms with E-state index in [2.05, 4.69) is 15.4 Å². The van der Waals surface area contributed by atoms with Crippen LogP contribution >= 0.6 is 45.5 Å². The van der Waals surface area contributed by atoms with E-state index >= 15 is 0 Å². The van der Waals surface area contributed by atoms with E-state index in [4.69, 9.17) is 48.9 Å². The van der Waals surface area contributed by atoms with E-state index in [-0.39, 0.29) is 79.0 Å². The average molecular weight is 1370 g/mol. The van der Waals surface area contributed by atoms with Crippen molar-refractivity contribution >= 4 is 118 Å². The van der Waals surface area contributed by atoms with Gasteiger partial charge in [0.25, 0.3) is 22.2 Å². The maximum Gasteiger partial charge on any atom is 0.339 e. The number of nitrogens with one attached hydrogen (secondary N) is 1. The fourth-order valence-corrected chi connectivity index (χ4v) is 10.7. The monoisotopic (exact) mass is 1360 g/mol. The normalized spacial score (nSPS) is 12.9. The van der Waals surface area contributed by atoms with Crippen molar-refractivity contribution in [3.63, 3.8) is 0 Å². The third kappa shape index (κ3) is 17.8. The number of halogens is 4. The molecule has 0 atom stereocenters. The van der Waals surface area contributed by atoms with Gasteiger partial charge >= 0.3 is 31.6 Å². The molecule has 2 saturated carbocycles. The Bertz CT molecular complexity index is 4720. The second-order valence-corrected chi connectivity index (χ2v) is 28.8. The fourth-order valence-electron chi connectivity index (χ4n) is 8.30. The molecule has 0 amide bonds. The van der Waals surface area contributed by atoms with Gasteiger partial charge in [0.2, 0.25) is 19.1 Å². The van der Waals surface area contributed by atoms with Crippen molar-refractivity contribution in [3.05, 3.63) is 183 Å². The molecule has 4 aromatic heterocycles. The Balaban J connectivity index is 0.000000385. The lowest BCUT2D eigenvalue weighted by molar-refractivity contribution is 0.485. The summed E-state index contributed by atoms with van der Waals surface area (Å²) in [5, 5.41) is -0.488. The molecule has 4 heterocycles. The molecule has 474 valence electrons. The van der Waals surface area contributed by atoms with Crippen molar-refractivity contribution in [2.75, 3.05) is 23.0 Å². The molecule has 8 aromatic rings. The molecule has 0 aliphatic heterocycles. The quantitative estimate of drug-likeness (QED) is 0.0503. The van der Waals surface area contributed by atoms with E-state index in [9.17, 15) is 62.4 Å². The minimum atomic E-state index is -4.46. The average Bonchev–Trinajstić information content (AvgIpc) is 1.37. The topological polar surface area (TPSA) is 325 Å². The number of alkyl halides is 3. The lowest BCUT2D eigenvalue weighted by atomic mass is 10.2. The van der Waals surface area contributed by atoms with Gasteiger partial charge in [-0.1, -0.05) is 112 Å². The van der Waals surface area contributed by atoms with E-state index in [1.165, 1.54) is 73.3 Å². The molecule has 32 heteroatoms. The van der Waals surface area contributed by atoms with Crippen LogP contribution in [0.15, 0.2) is 148 Å². The number of nitrogen functional groups attached to an aromatic ring is 1. The lowest BCUT2D eigenvalue weighted by Crippen LogP contribution is -2.41. The summed E-state index contributed by atoms with van der Waals surface area (Å²) in [6.45, 7) is 3.59. The second-order valence-electron chi connectivity index (χ2n) is 18.9. The number of hydrogen-bond donors (Lipinski definition) is 2. The van der Waals surface area contributed by atoms with E-state index in [1.54, 1.807) is 49.4 Å². The van der Waals surface area contributed by atoms with Gasteiger partial charge in [-0.2, -0.15) is 16.8 Å². The molecule has 87 heavy (non-hydrogen) atoms. The molecule has 2 fully saturated rings. The number of fused-ring (bicyclic) bond motifs is 2. The Morgan fingerprint density at radius 1 is 0.540 bits per heavy atom. The minimum Gasteiger partial charge on any atom is -0.399 e. The van der Waals surface area contributed by atoms with E-state index < -0.39 is 94.8 Å². The summed E-state index contributed by atoms with van der Waals surface area (Å²) in [6.07, 6.45) is 4.26. The first kappa shape index (κ1) is 74.1. The Hall–Kier alpha value is -7.18. The molecular weight excluding hydrogens is 1300 g/mol. The molecule has 10 rings (SSSR count). The van der Waals surface area contributed by atoms with Crippen LogP contribution in [-0.2, 0) is 53.4 Å². The van der Waals surface area contributed by atoms with Gasteiger partial charge in [0.05, 0.1) is 29.6 Å². The zero-order chi connectivity index (χ0) is 61.4. The zero-order valence-electron chi connectivity index (χ0n) is 44.4. The van der Waals surface area contributed by atoms with E-state index in [0.717, 1.165) is 58.6 Å². The Labute approximate surface area is 522 Å². The predicted octanol–water partition coefficient (Wildman–Crippen LogP) is 8.19. The minimum absolute atomic E-state index is 0. The molecule has 24 nitrogen and oxygen atoms in total. The van der Waals surface area contributed by atoms with Gasteiger partial charge in [-0.15, -0.1) is 0 Å². The van der Waals surface area contributed by atoms with Crippen LogP contribution in [0.4, 0.5) is 11.4 Å². The number of hydrogen-bond acceptors (Lipinski definition) is 17. The summed E-state index contributed by atoms with van der Waals surface area (Å²) in [7, 11) is -8.46. The van der Waals surface area contributed by atoms with Crippen molar-refractivity contribution in [1.82, 2.24) is 27.4 Å². The van der Waals surface area contributed by atoms with Crippen molar-refractivity contribution in [2.24, 2.45) is 14.1 Å². The summed E-state index contributed by atoms with van der Waals surface area (Å²) in [5.74, 6) is -0.965. The SMILES string of the molecule is C.C.C.C.CS(=O)(=O)Cl.Cc1ccc(S(=O)(=O)Oc2cc(=O)n(C)c3c2c(=O)n(C2CC2)c(=O)n3-c2cccc(N)c2)cc1.Cc1ccc(S(=O)(=O)Oc2cc(=O)n(C)c3c2c(=O)n(C2CC2)c(=O)n3-c2cccc(NS(C)(=O)=O)c2)cc1.ClC(Cl)Cl.